The molecule has 0 saturated carbocycles. The number of aliphatic hydroxyl groups excluding tert-OH is 5. The maximum atomic E-state index is 10.5. The lowest BCUT2D eigenvalue weighted by molar-refractivity contribution is -0.288. The van der Waals surface area contributed by atoms with Gasteiger partial charge in [-0.2, -0.15) is 0 Å². The van der Waals surface area contributed by atoms with Crippen LogP contribution < -0.4 is 0 Å². The molecule has 0 aromatic carbocycles. The van der Waals surface area contributed by atoms with Crippen LogP contribution in [0.5, 0.6) is 0 Å². The number of aliphatic hydroxyl groups is 6. The highest BCUT2D eigenvalue weighted by Crippen LogP contribution is 2.45. The molecular weight excluding hydrogens is 312 g/mol. The van der Waals surface area contributed by atoms with Gasteiger partial charge in [0, 0.05) is 0 Å². The number of rotatable bonds is 3. The Labute approximate surface area is 131 Å². The van der Waals surface area contributed by atoms with Crippen LogP contribution in [-0.2, 0) is 15.1 Å². The third kappa shape index (κ3) is 2.32. The van der Waals surface area contributed by atoms with E-state index >= 15 is 0 Å². The van der Waals surface area contributed by atoms with Gasteiger partial charge in [-0.25, -0.2) is 0 Å². The molecule has 0 spiro atoms. The van der Waals surface area contributed by atoms with E-state index in [4.69, 9.17) is 13.9 Å². The maximum absolute atomic E-state index is 10.5. The fraction of sp³-hybridized carbons (Fsp3) is 0.714. The molecule has 7 atom stereocenters. The highest BCUT2D eigenvalue weighted by Gasteiger charge is 2.65. The number of hydrogen-bond acceptors (Lipinski definition) is 9. The molecule has 1 aromatic rings. The molecule has 2 unspecified atom stereocenters. The second-order valence-corrected chi connectivity index (χ2v) is 6.02. The van der Waals surface area contributed by atoms with Crippen LogP contribution >= 0.6 is 0 Å². The van der Waals surface area contributed by atoms with Crippen LogP contribution in [0.15, 0.2) is 22.8 Å². The van der Waals surface area contributed by atoms with Crippen molar-refractivity contribution in [1.82, 2.24) is 0 Å². The molecular formula is C14H20O9. The lowest BCUT2D eigenvalue weighted by atomic mass is 9.77. The van der Waals surface area contributed by atoms with Gasteiger partial charge < -0.3 is 44.5 Å². The second kappa shape index (κ2) is 5.80. The van der Waals surface area contributed by atoms with Crippen molar-refractivity contribution < 1.29 is 44.5 Å². The summed E-state index contributed by atoms with van der Waals surface area (Å²) in [6, 6.07) is 2.98. The number of ether oxygens (including phenoxy) is 2. The van der Waals surface area contributed by atoms with Gasteiger partial charge >= 0.3 is 0 Å². The molecule has 3 heterocycles. The first-order chi connectivity index (χ1) is 10.9. The summed E-state index contributed by atoms with van der Waals surface area (Å²) in [7, 11) is 0. The average Bonchev–Trinajstić information content (AvgIpc) is 3.17. The van der Waals surface area contributed by atoms with E-state index in [1.165, 1.54) is 18.4 Å². The van der Waals surface area contributed by atoms with Crippen molar-refractivity contribution in [3.8, 4) is 0 Å². The molecule has 130 valence electrons. The van der Waals surface area contributed by atoms with Gasteiger partial charge in [0.15, 0.2) is 5.60 Å². The van der Waals surface area contributed by atoms with Gasteiger partial charge in [-0.3, -0.25) is 0 Å². The van der Waals surface area contributed by atoms with E-state index in [9.17, 15) is 30.6 Å². The van der Waals surface area contributed by atoms with E-state index in [-0.39, 0.29) is 12.4 Å². The minimum Gasteiger partial charge on any atom is -0.466 e. The van der Waals surface area contributed by atoms with Crippen LogP contribution in [0.2, 0.25) is 0 Å². The van der Waals surface area contributed by atoms with E-state index in [1.807, 2.05) is 0 Å². The first-order valence-electron chi connectivity index (χ1n) is 7.22. The monoisotopic (exact) mass is 332 g/mol. The van der Waals surface area contributed by atoms with Crippen molar-refractivity contribution in [2.45, 2.75) is 41.7 Å². The van der Waals surface area contributed by atoms with Crippen LogP contribution in [0, 0.1) is 0 Å². The zero-order chi connectivity index (χ0) is 16.8. The van der Waals surface area contributed by atoms with Gasteiger partial charge in [0.2, 0.25) is 0 Å². The van der Waals surface area contributed by atoms with Crippen LogP contribution in [0.4, 0.5) is 0 Å². The van der Waals surface area contributed by atoms with Crippen molar-refractivity contribution in [2.24, 2.45) is 0 Å². The quantitative estimate of drug-likeness (QED) is 0.341. The van der Waals surface area contributed by atoms with Gasteiger partial charge in [0.25, 0.3) is 0 Å². The van der Waals surface area contributed by atoms with E-state index in [1.54, 1.807) is 0 Å². The fourth-order valence-electron chi connectivity index (χ4n) is 3.17. The zero-order valence-electron chi connectivity index (χ0n) is 12.1. The van der Waals surface area contributed by atoms with Crippen molar-refractivity contribution in [1.29, 1.82) is 0 Å². The Kier molecular flexibility index (Phi) is 4.23. The van der Waals surface area contributed by atoms with Crippen LogP contribution in [0.3, 0.4) is 0 Å². The summed E-state index contributed by atoms with van der Waals surface area (Å²) in [6.45, 7) is -1.50. The van der Waals surface area contributed by atoms with Crippen molar-refractivity contribution in [2.75, 3.05) is 19.8 Å². The molecule has 2 fully saturated rings. The van der Waals surface area contributed by atoms with Gasteiger partial charge in [-0.1, -0.05) is 0 Å². The highest BCUT2D eigenvalue weighted by molar-refractivity contribution is 5.22. The molecule has 2 aliphatic rings. The Morgan fingerprint density at radius 1 is 1.17 bits per heavy atom. The Bertz CT molecular complexity index is 534. The molecule has 9 nitrogen and oxygen atoms in total. The maximum Gasteiger partial charge on any atom is 0.182 e. The van der Waals surface area contributed by atoms with Gasteiger partial charge in [0.05, 0.1) is 26.1 Å². The van der Waals surface area contributed by atoms with E-state index in [0.717, 1.165) is 0 Å². The lowest BCUT2D eigenvalue weighted by Gasteiger charge is -2.47. The van der Waals surface area contributed by atoms with Gasteiger partial charge in [0.1, 0.15) is 41.9 Å². The Hall–Kier alpha value is -1.04. The van der Waals surface area contributed by atoms with E-state index in [0.29, 0.717) is 0 Å². The largest absolute Gasteiger partial charge is 0.466 e. The fourth-order valence-corrected chi connectivity index (χ4v) is 3.17. The minimum atomic E-state index is -1.94. The highest BCUT2D eigenvalue weighted by atomic mass is 16.6. The first-order valence-corrected chi connectivity index (χ1v) is 7.22. The predicted molar refractivity (Wildman–Crippen MR) is 72.1 cm³/mol. The third-order valence-corrected chi connectivity index (χ3v) is 4.60. The standard InChI is InChI=1S/C14H20O9/c15-5-13(20)6-22-12(11(13)19)14(8-2-1-3-21-8)10(18)9(17)7(16)4-23-14/h1-3,7,9-12,15-20H,4-6H2/t7-,9+,10-,11-,12?,13?,14-/m0/s1. The molecule has 23 heavy (non-hydrogen) atoms. The summed E-state index contributed by atoms with van der Waals surface area (Å²) in [4.78, 5) is 0. The predicted octanol–water partition coefficient (Wildman–Crippen LogP) is -2.93. The molecule has 0 aliphatic carbocycles. The Balaban J connectivity index is 2.05. The Morgan fingerprint density at radius 2 is 1.91 bits per heavy atom. The van der Waals surface area contributed by atoms with E-state index in [2.05, 4.69) is 0 Å². The minimum absolute atomic E-state index is 0.0576. The average molecular weight is 332 g/mol. The Morgan fingerprint density at radius 3 is 2.48 bits per heavy atom. The summed E-state index contributed by atoms with van der Waals surface area (Å²) >= 11 is 0. The lowest BCUT2D eigenvalue weighted by Crippen LogP contribution is -2.66. The molecule has 1 aromatic heterocycles. The molecule has 9 heteroatoms. The molecule has 3 rings (SSSR count). The summed E-state index contributed by atoms with van der Waals surface area (Å²) in [6.07, 6.45) is -6.24. The zero-order valence-corrected chi connectivity index (χ0v) is 12.1. The van der Waals surface area contributed by atoms with E-state index < -0.39 is 54.9 Å². The normalized spacial score (nSPS) is 47.8. The van der Waals surface area contributed by atoms with Crippen LogP contribution in [-0.4, -0.2) is 86.6 Å². The molecule has 0 amide bonds. The molecule has 0 radical (unpaired) electrons. The number of furan rings is 1. The van der Waals surface area contributed by atoms with Crippen LogP contribution in [0.1, 0.15) is 5.76 Å². The van der Waals surface area contributed by atoms with Crippen molar-refractivity contribution >= 4 is 0 Å². The third-order valence-electron chi connectivity index (χ3n) is 4.60. The molecule has 6 N–H and O–H groups in total. The smallest absolute Gasteiger partial charge is 0.182 e. The van der Waals surface area contributed by atoms with Crippen LogP contribution in [0.25, 0.3) is 0 Å². The number of hydrogen-bond donors (Lipinski definition) is 6. The summed E-state index contributed by atoms with van der Waals surface area (Å²) in [5.41, 5.74) is -3.78. The molecule has 2 saturated heterocycles. The summed E-state index contributed by atoms with van der Waals surface area (Å²) < 4.78 is 16.2. The van der Waals surface area contributed by atoms with Crippen molar-refractivity contribution in [3.63, 3.8) is 0 Å². The van der Waals surface area contributed by atoms with Crippen molar-refractivity contribution in [3.05, 3.63) is 24.2 Å². The molecule has 2 aliphatic heterocycles. The SMILES string of the molecule is OCC1(O)COC([C@@]2(c3ccco3)OC[C@H](O)[C@@H](O)[C@@H]2O)[C@@H]1O. The molecule has 0 bridgehead atoms. The second-order valence-electron chi connectivity index (χ2n) is 6.02. The van der Waals surface area contributed by atoms with Gasteiger partial charge in [-0.05, 0) is 12.1 Å². The van der Waals surface area contributed by atoms with Gasteiger partial charge in [-0.15, -0.1) is 0 Å². The summed E-state index contributed by atoms with van der Waals surface area (Å²) in [5, 5.41) is 60.1. The first kappa shape index (κ1) is 16.8. The topological polar surface area (TPSA) is 153 Å². The summed E-state index contributed by atoms with van der Waals surface area (Å²) in [5.74, 6) is 0.0576.